The van der Waals surface area contributed by atoms with Gasteiger partial charge in [-0.15, -0.1) is 0 Å². The van der Waals surface area contributed by atoms with Crippen LogP contribution in [0, 0.1) is 6.92 Å². The first kappa shape index (κ1) is 21.1. The fourth-order valence-electron chi connectivity index (χ4n) is 3.03. The van der Waals surface area contributed by atoms with Gasteiger partial charge in [0.05, 0.1) is 25.5 Å². The Balaban J connectivity index is 2.37. The Kier molecular flexibility index (Phi) is 5.64. The Morgan fingerprint density at radius 1 is 0.967 bits per heavy atom. The van der Waals surface area contributed by atoms with Crippen LogP contribution in [0.15, 0.2) is 48.5 Å². The van der Waals surface area contributed by atoms with Crippen LogP contribution in [0.1, 0.15) is 32.0 Å². The number of nitrogens with zero attached hydrogens (tertiary/aromatic N) is 2. The molecule has 0 atom stereocenters. The summed E-state index contributed by atoms with van der Waals surface area (Å²) in [6.07, 6.45) is -4.60. The number of hydrogen-bond donors (Lipinski definition) is 0. The summed E-state index contributed by atoms with van der Waals surface area (Å²) < 4.78 is 51.0. The molecule has 9 heteroatoms. The Morgan fingerprint density at radius 2 is 1.60 bits per heavy atom. The summed E-state index contributed by atoms with van der Waals surface area (Å²) in [4.78, 5) is 25.0. The normalized spacial score (nSPS) is 11.3. The number of benzene rings is 2. The summed E-state index contributed by atoms with van der Waals surface area (Å²) in [5, 5.41) is 4.29. The number of carbonyl (C=O) groups excluding carboxylic acids is 2. The fourth-order valence-corrected chi connectivity index (χ4v) is 3.03. The van der Waals surface area contributed by atoms with Crippen LogP contribution < -0.4 is 0 Å². The van der Waals surface area contributed by atoms with Gasteiger partial charge in [0.2, 0.25) is 0 Å². The van der Waals surface area contributed by atoms with Crippen molar-refractivity contribution in [2.75, 3.05) is 14.2 Å². The standard InChI is InChI=1S/C21H17F3N2O4/c1-12-9-10-13(11-15(12)21(22,23)24)17-16(19(27)29-2)18(20(28)30-3)26(25-17)14-7-5-4-6-8-14/h4-11H,1-3H3. The second-order valence-corrected chi connectivity index (χ2v) is 6.33. The van der Waals surface area contributed by atoms with Crippen LogP contribution in [0.3, 0.4) is 0 Å². The Bertz CT molecular complexity index is 1110. The second-order valence-electron chi connectivity index (χ2n) is 6.33. The Hall–Kier alpha value is -3.62. The van der Waals surface area contributed by atoms with Crippen LogP contribution in [0.5, 0.6) is 0 Å². The minimum Gasteiger partial charge on any atom is -0.465 e. The molecule has 0 fully saturated rings. The summed E-state index contributed by atoms with van der Waals surface area (Å²) in [6.45, 7) is 1.33. The average molecular weight is 418 g/mol. The van der Waals surface area contributed by atoms with Gasteiger partial charge in [0.1, 0.15) is 11.3 Å². The number of rotatable bonds is 4. The SMILES string of the molecule is COC(=O)c1c(-c2ccc(C)c(C(F)(F)F)c2)nn(-c2ccccc2)c1C(=O)OC. The highest BCUT2D eigenvalue weighted by Gasteiger charge is 2.35. The Morgan fingerprint density at radius 3 is 2.17 bits per heavy atom. The van der Waals surface area contributed by atoms with Gasteiger partial charge >= 0.3 is 18.1 Å². The van der Waals surface area contributed by atoms with Crippen molar-refractivity contribution in [2.45, 2.75) is 13.1 Å². The molecular weight excluding hydrogens is 401 g/mol. The number of esters is 2. The van der Waals surface area contributed by atoms with E-state index in [1.165, 1.54) is 19.1 Å². The molecule has 0 bridgehead atoms. The van der Waals surface area contributed by atoms with Gasteiger partial charge < -0.3 is 9.47 Å². The van der Waals surface area contributed by atoms with E-state index in [4.69, 9.17) is 9.47 Å². The summed E-state index contributed by atoms with van der Waals surface area (Å²) in [5.74, 6) is -1.82. The van der Waals surface area contributed by atoms with Crippen LogP contribution in [0.2, 0.25) is 0 Å². The highest BCUT2D eigenvalue weighted by molar-refractivity contribution is 6.06. The number of ether oxygens (including phenoxy) is 2. The molecule has 156 valence electrons. The van der Waals surface area contributed by atoms with E-state index in [0.29, 0.717) is 5.69 Å². The number of alkyl halides is 3. The highest BCUT2D eigenvalue weighted by atomic mass is 19.4. The van der Waals surface area contributed by atoms with Gasteiger partial charge in [0.15, 0.2) is 5.69 Å². The summed E-state index contributed by atoms with van der Waals surface area (Å²) >= 11 is 0. The van der Waals surface area contributed by atoms with Gasteiger partial charge in [0, 0.05) is 5.56 Å². The van der Waals surface area contributed by atoms with Crippen molar-refractivity contribution in [3.8, 4) is 16.9 Å². The molecule has 30 heavy (non-hydrogen) atoms. The van der Waals surface area contributed by atoms with Crippen molar-refractivity contribution in [3.63, 3.8) is 0 Å². The summed E-state index contributed by atoms with van der Waals surface area (Å²) in [6, 6.07) is 11.9. The lowest BCUT2D eigenvalue weighted by atomic mass is 10.00. The van der Waals surface area contributed by atoms with Gasteiger partial charge in [-0.2, -0.15) is 18.3 Å². The topological polar surface area (TPSA) is 70.4 Å². The molecule has 0 spiro atoms. The number of methoxy groups -OCH3 is 2. The summed E-state index contributed by atoms with van der Waals surface area (Å²) in [7, 11) is 2.22. The monoisotopic (exact) mass is 418 g/mol. The zero-order valence-electron chi connectivity index (χ0n) is 16.3. The first-order chi connectivity index (χ1) is 14.2. The first-order valence-electron chi connectivity index (χ1n) is 8.72. The van der Waals surface area contributed by atoms with E-state index in [1.807, 2.05) is 0 Å². The molecule has 0 unspecified atom stereocenters. The molecule has 0 radical (unpaired) electrons. The van der Waals surface area contributed by atoms with Gasteiger partial charge in [-0.3, -0.25) is 0 Å². The van der Waals surface area contributed by atoms with E-state index >= 15 is 0 Å². The van der Waals surface area contributed by atoms with Crippen LogP contribution >= 0.6 is 0 Å². The predicted octanol–water partition coefficient (Wildman–Crippen LogP) is 4.44. The maximum Gasteiger partial charge on any atom is 0.416 e. The Labute approximate surface area is 169 Å². The molecule has 3 rings (SSSR count). The molecule has 0 saturated carbocycles. The molecule has 0 amide bonds. The lowest BCUT2D eigenvalue weighted by molar-refractivity contribution is -0.138. The van der Waals surface area contributed by atoms with E-state index < -0.39 is 23.7 Å². The van der Waals surface area contributed by atoms with Crippen LogP contribution in [0.25, 0.3) is 16.9 Å². The quantitative estimate of drug-likeness (QED) is 0.586. The molecule has 0 aliphatic rings. The average Bonchev–Trinajstić information content (AvgIpc) is 3.13. The maximum atomic E-state index is 13.4. The number of aromatic nitrogens is 2. The smallest absolute Gasteiger partial charge is 0.416 e. The largest absolute Gasteiger partial charge is 0.465 e. The number of halogens is 3. The number of carbonyl (C=O) groups is 2. The molecule has 0 N–H and O–H groups in total. The molecule has 2 aromatic carbocycles. The third-order valence-electron chi connectivity index (χ3n) is 4.47. The molecular formula is C21H17F3N2O4. The molecule has 0 saturated heterocycles. The number of aryl methyl sites for hydroxylation is 1. The lowest BCUT2D eigenvalue weighted by Gasteiger charge is -2.11. The van der Waals surface area contributed by atoms with Crippen molar-refractivity contribution < 1.29 is 32.2 Å². The van der Waals surface area contributed by atoms with Crippen molar-refractivity contribution in [1.82, 2.24) is 9.78 Å². The zero-order chi connectivity index (χ0) is 22.1. The van der Waals surface area contributed by atoms with Crippen molar-refractivity contribution >= 4 is 11.9 Å². The minimum absolute atomic E-state index is 0.00755. The minimum atomic E-state index is -4.60. The van der Waals surface area contributed by atoms with Crippen molar-refractivity contribution in [1.29, 1.82) is 0 Å². The van der Waals surface area contributed by atoms with Gasteiger partial charge in [-0.25, -0.2) is 14.3 Å². The molecule has 3 aromatic rings. The van der Waals surface area contributed by atoms with Crippen molar-refractivity contribution in [2.24, 2.45) is 0 Å². The lowest BCUT2D eigenvalue weighted by Crippen LogP contribution is -2.15. The van der Waals surface area contributed by atoms with E-state index in [0.717, 1.165) is 25.0 Å². The highest BCUT2D eigenvalue weighted by Crippen LogP contribution is 2.36. The number of para-hydroxylation sites is 1. The second kappa shape index (κ2) is 8.02. The van der Waals surface area contributed by atoms with Gasteiger partial charge in [-0.05, 0) is 30.7 Å². The van der Waals surface area contributed by atoms with Gasteiger partial charge in [-0.1, -0.05) is 30.3 Å². The molecule has 6 nitrogen and oxygen atoms in total. The van der Waals surface area contributed by atoms with E-state index in [-0.39, 0.29) is 28.1 Å². The zero-order valence-corrected chi connectivity index (χ0v) is 16.3. The molecule has 0 aliphatic carbocycles. The van der Waals surface area contributed by atoms with E-state index in [9.17, 15) is 22.8 Å². The van der Waals surface area contributed by atoms with E-state index in [1.54, 1.807) is 30.3 Å². The predicted molar refractivity (Wildman–Crippen MR) is 101 cm³/mol. The van der Waals surface area contributed by atoms with Crippen LogP contribution in [-0.2, 0) is 15.7 Å². The van der Waals surface area contributed by atoms with Crippen LogP contribution in [-0.4, -0.2) is 35.9 Å². The van der Waals surface area contributed by atoms with E-state index in [2.05, 4.69) is 5.10 Å². The third kappa shape index (κ3) is 3.78. The van der Waals surface area contributed by atoms with Crippen LogP contribution in [0.4, 0.5) is 13.2 Å². The summed E-state index contributed by atoms with van der Waals surface area (Å²) in [5.41, 5.74) is -1.10. The fraction of sp³-hybridized carbons (Fsp3) is 0.190. The van der Waals surface area contributed by atoms with Gasteiger partial charge in [0.25, 0.3) is 0 Å². The molecule has 0 aliphatic heterocycles. The number of hydrogen-bond acceptors (Lipinski definition) is 5. The molecule has 1 heterocycles. The van der Waals surface area contributed by atoms with Crippen molar-refractivity contribution in [3.05, 3.63) is 70.9 Å². The maximum absolute atomic E-state index is 13.4. The third-order valence-corrected chi connectivity index (χ3v) is 4.47. The molecule has 1 aromatic heterocycles. The first-order valence-corrected chi connectivity index (χ1v) is 8.72.